The lowest BCUT2D eigenvalue weighted by Crippen LogP contribution is -2.43. The van der Waals surface area contributed by atoms with E-state index in [1.54, 1.807) is 0 Å². The van der Waals surface area contributed by atoms with Gasteiger partial charge in [-0.05, 0) is 19.8 Å². The van der Waals surface area contributed by atoms with E-state index in [0.29, 0.717) is 23.1 Å². The molecule has 0 saturated carbocycles. The summed E-state index contributed by atoms with van der Waals surface area (Å²) in [6.07, 6.45) is 0.911. The highest BCUT2D eigenvalue weighted by Gasteiger charge is 2.32. The van der Waals surface area contributed by atoms with E-state index in [1.165, 1.54) is 11.3 Å². The predicted molar refractivity (Wildman–Crippen MR) is 92.4 cm³/mol. The molecule has 1 amide bonds. The van der Waals surface area contributed by atoms with Crippen LogP contribution in [0.25, 0.3) is 0 Å². The number of rotatable bonds is 4. The van der Waals surface area contributed by atoms with Crippen molar-refractivity contribution in [1.29, 1.82) is 0 Å². The number of fused-ring (bicyclic) bond motifs is 1. The maximum Gasteiger partial charge on any atom is 0.247 e. The zero-order valence-electron chi connectivity index (χ0n) is 13.6. The Morgan fingerprint density at radius 3 is 2.78 bits per heavy atom. The first-order valence-corrected chi connectivity index (χ1v) is 8.51. The molecule has 3 N–H and O–H groups in total. The molecule has 23 heavy (non-hydrogen) atoms. The van der Waals surface area contributed by atoms with Gasteiger partial charge in [0, 0.05) is 5.38 Å². The van der Waals surface area contributed by atoms with Crippen LogP contribution in [0.15, 0.2) is 5.38 Å². The number of thiazole rings is 1. The van der Waals surface area contributed by atoms with E-state index in [2.05, 4.69) is 37.8 Å². The maximum atomic E-state index is 12.4. The smallest absolute Gasteiger partial charge is 0.247 e. The molecule has 0 saturated heterocycles. The number of carbonyl (C=O) groups is 1. The van der Waals surface area contributed by atoms with E-state index in [1.807, 2.05) is 26.2 Å². The highest BCUT2D eigenvalue weighted by Crippen LogP contribution is 2.35. The van der Waals surface area contributed by atoms with Crippen molar-refractivity contribution in [2.45, 2.75) is 40.2 Å². The number of hydrogen-bond acceptors (Lipinski definition) is 7. The molecular formula is C15H20N6OS. The summed E-state index contributed by atoms with van der Waals surface area (Å²) < 4.78 is 0. The minimum atomic E-state index is -0.281. The van der Waals surface area contributed by atoms with Gasteiger partial charge in [0.05, 0.1) is 5.69 Å². The molecule has 2 unspecified atom stereocenters. The topological polar surface area (TPSA) is 91.8 Å². The molecule has 0 radical (unpaired) electrons. The van der Waals surface area contributed by atoms with Gasteiger partial charge in [0.1, 0.15) is 17.6 Å². The van der Waals surface area contributed by atoms with Crippen LogP contribution in [-0.4, -0.2) is 26.9 Å². The Bertz CT molecular complexity index is 744. The number of nitrogens with one attached hydrogen (secondary N) is 3. The zero-order valence-corrected chi connectivity index (χ0v) is 14.4. The summed E-state index contributed by atoms with van der Waals surface area (Å²) in [6.45, 7) is 7.88. The molecule has 122 valence electrons. The van der Waals surface area contributed by atoms with Crippen LogP contribution in [0.5, 0.6) is 0 Å². The largest absolute Gasteiger partial charge is 0.356 e. The Morgan fingerprint density at radius 2 is 2.13 bits per heavy atom. The highest BCUT2D eigenvalue weighted by molar-refractivity contribution is 7.13. The molecule has 1 aliphatic rings. The normalized spacial score (nSPS) is 17.9. The van der Waals surface area contributed by atoms with Crippen molar-refractivity contribution in [2.24, 2.45) is 5.92 Å². The number of anilines is 4. The van der Waals surface area contributed by atoms with Gasteiger partial charge >= 0.3 is 0 Å². The number of aryl methyl sites for hydroxylation is 2. The second-order valence-electron chi connectivity index (χ2n) is 5.76. The van der Waals surface area contributed by atoms with E-state index in [9.17, 15) is 4.79 Å². The van der Waals surface area contributed by atoms with Gasteiger partial charge in [0.15, 0.2) is 16.8 Å². The molecule has 0 fully saturated rings. The lowest BCUT2D eigenvalue weighted by molar-refractivity contribution is -0.118. The van der Waals surface area contributed by atoms with Crippen molar-refractivity contribution in [3.8, 4) is 0 Å². The van der Waals surface area contributed by atoms with Crippen molar-refractivity contribution >= 4 is 39.7 Å². The lowest BCUT2D eigenvalue weighted by Gasteiger charge is -2.30. The molecule has 3 heterocycles. The van der Waals surface area contributed by atoms with Gasteiger partial charge < -0.3 is 16.0 Å². The van der Waals surface area contributed by atoms with Crippen LogP contribution in [0.2, 0.25) is 0 Å². The van der Waals surface area contributed by atoms with Crippen LogP contribution in [-0.2, 0) is 4.79 Å². The third kappa shape index (κ3) is 3.12. The minimum absolute atomic E-state index is 0.0577. The van der Waals surface area contributed by atoms with Gasteiger partial charge in [-0.2, -0.15) is 0 Å². The molecular weight excluding hydrogens is 312 g/mol. The summed E-state index contributed by atoms with van der Waals surface area (Å²) in [4.78, 5) is 25.6. The highest BCUT2D eigenvalue weighted by atomic mass is 32.1. The molecule has 7 nitrogen and oxygen atoms in total. The summed E-state index contributed by atoms with van der Waals surface area (Å²) >= 11 is 1.50. The van der Waals surface area contributed by atoms with Crippen LogP contribution in [0, 0.1) is 19.8 Å². The zero-order chi connectivity index (χ0) is 16.6. The quantitative estimate of drug-likeness (QED) is 0.797. The van der Waals surface area contributed by atoms with Crippen molar-refractivity contribution < 1.29 is 4.79 Å². The molecule has 2 aromatic rings. The summed E-state index contributed by atoms with van der Waals surface area (Å²) in [7, 11) is 0. The average molecular weight is 332 g/mol. The van der Waals surface area contributed by atoms with E-state index >= 15 is 0 Å². The third-order valence-corrected chi connectivity index (χ3v) is 4.78. The van der Waals surface area contributed by atoms with Gasteiger partial charge in [-0.3, -0.25) is 4.79 Å². The fourth-order valence-electron chi connectivity index (χ4n) is 2.45. The Kier molecular flexibility index (Phi) is 4.16. The summed E-state index contributed by atoms with van der Waals surface area (Å²) in [5, 5.41) is 12.1. The third-order valence-electron chi connectivity index (χ3n) is 3.90. The van der Waals surface area contributed by atoms with Gasteiger partial charge in [-0.25, -0.2) is 15.0 Å². The first-order valence-electron chi connectivity index (χ1n) is 7.63. The molecule has 2 atom stereocenters. The first kappa shape index (κ1) is 15.7. The van der Waals surface area contributed by atoms with Crippen LogP contribution in [0.4, 0.5) is 22.5 Å². The van der Waals surface area contributed by atoms with E-state index in [4.69, 9.17) is 0 Å². The van der Waals surface area contributed by atoms with Crippen LogP contribution in [0.3, 0.4) is 0 Å². The van der Waals surface area contributed by atoms with Crippen molar-refractivity contribution in [2.75, 3.05) is 16.0 Å². The van der Waals surface area contributed by atoms with Crippen LogP contribution < -0.4 is 16.0 Å². The standard InChI is InChI=1S/C15H20N6OS/c1-5-7(2)10-14(22)20-11-12(19-10)17-9(4)18-13(11)21-15-16-8(3)6-23-15/h6-7,10H,5H2,1-4H3,(H,20,22)(H2,16,17,18,19,21). The maximum absolute atomic E-state index is 12.4. The Morgan fingerprint density at radius 1 is 1.35 bits per heavy atom. The summed E-state index contributed by atoms with van der Waals surface area (Å²) in [5.74, 6) is 2.00. The lowest BCUT2D eigenvalue weighted by atomic mass is 9.97. The average Bonchev–Trinajstić information content (AvgIpc) is 2.91. The fourth-order valence-corrected chi connectivity index (χ4v) is 3.14. The molecule has 8 heteroatoms. The van der Waals surface area contributed by atoms with Crippen molar-refractivity contribution in [3.63, 3.8) is 0 Å². The monoisotopic (exact) mass is 332 g/mol. The van der Waals surface area contributed by atoms with Crippen molar-refractivity contribution in [1.82, 2.24) is 15.0 Å². The van der Waals surface area contributed by atoms with Gasteiger partial charge in [0.2, 0.25) is 5.91 Å². The molecule has 2 aromatic heterocycles. The van der Waals surface area contributed by atoms with Crippen molar-refractivity contribution in [3.05, 3.63) is 16.9 Å². The molecule has 3 rings (SSSR count). The minimum Gasteiger partial charge on any atom is -0.356 e. The van der Waals surface area contributed by atoms with E-state index in [-0.39, 0.29) is 17.9 Å². The number of hydrogen-bond donors (Lipinski definition) is 3. The van der Waals surface area contributed by atoms with E-state index in [0.717, 1.165) is 17.2 Å². The summed E-state index contributed by atoms with van der Waals surface area (Å²) in [6, 6.07) is -0.281. The Hall–Kier alpha value is -2.22. The van der Waals surface area contributed by atoms with Gasteiger partial charge in [-0.1, -0.05) is 20.3 Å². The number of nitrogens with zero attached hydrogens (tertiary/aromatic N) is 3. The second kappa shape index (κ2) is 6.11. The molecule has 0 aliphatic carbocycles. The number of aromatic nitrogens is 3. The molecule has 1 aliphatic heterocycles. The van der Waals surface area contributed by atoms with E-state index < -0.39 is 0 Å². The number of amides is 1. The first-order chi connectivity index (χ1) is 11.0. The Labute approximate surface area is 139 Å². The Balaban J connectivity index is 1.95. The molecule has 0 spiro atoms. The van der Waals surface area contributed by atoms with Crippen LogP contribution in [0.1, 0.15) is 31.8 Å². The van der Waals surface area contributed by atoms with Gasteiger partial charge in [0.25, 0.3) is 0 Å². The molecule has 0 aromatic carbocycles. The predicted octanol–water partition coefficient (Wildman–Crippen LogP) is 3.07. The summed E-state index contributed by atoms with van der Waals surface area (Å²) in [5.41, 5.74) is 1.52. The SMILES string of the molecule is CCC(C)C1Nc2nc(C)nc(Nc3nc(C)cs3)c2NC1=O. The number of carbonyl (C=O) groups excluding carboxylic acids is 1. The molecule has 0 bridgehead atoms. The fraction of sp³-hybridized carbons (Fsp3) is 0.467. The van der Waals surface area contributed by atoms with Gasteiger partial charge in [-0.15, -0.1) is 11.3 Å². The van der Waals surface area contributed by atoms with Crippen LogP contribution >= 0.6 is 11.3 Å². The second-order valence-corrected chi connectivity index (χ2v) is 6.62.